The van der Waals surface area contributed by atoms with Gasteiger partial charge < -0.3 is 10.0 Å². The summed E-state index contributed by atoms with van der Waals surface area (Å²) >= 11 is 5.12. The summed E-state index contributed by atoms with van der Waals surface area (Å²) in [5.41, 5.74) is 0.551. The summed E-state index contributed by atoms with van der Waals surface area (Å²) in [4.78, 5) is 25.5. The molecule has 1 aliphatic rings. The van der Waals surface area contributed by atoms with E-state index in [4.69, 9.17) is 5.11 Å². The lowest BCUT2D eigenvalue weighted by Gasteiger charge is -2.27. The number of rotatable bonds is 2. The van der Waals surface area contributed by atoms with Crippen LogP contribution in [0.3, 0.4) is 0 Å². The highest BCUT2D eigenvalue weighted by molar-refractivity contribution is 9.10. The summed E-state index contributed by atoms with van der Waals surface area (Å²) in [5, 5.41) is 9.07. The van der Waals surface area contributed by atoms with Crippen LogP contribution < -0.4 is 0 Å². The molecule has 1 unspecified atom stereocenters. The van der Waals surface area contributed by atoms with Crippen molar-refractivity contribution in [1.29, 1.82) is 0 Å². The normalized spacial score (nSPS) is 19.5. The minimum atomic E-state index is -1.03. The zero-order valence-corrected chi connectivity index (χ0v) is 13.5. The van der Waals surface area contributed by atoms with Gasteiger partial charge in [-0.3, -0.25) is 4.79 Å². The van der Waals surface area contributed by atoms with Gasteiger partial charge in [0.2, 0.25) is 0 Å². The molecule has 1 heterocycles. The standard InChI is InChI=1S/C14H16BrNO3S/c1-9-2-4-20-5-3-16(9)13(17)10-6-11(14(18)19)8-12(15)7-10/h6-9H,2-5H2,1H3,(H,18,19). The van der Waals surface area contributed by atoms with Gasteiger partial charge in [0.15, 0.2) is 0 Å². The van der Waals surface area contributed by atoms with E-state index in [-0.39, 0.29) is 17.5 Å². The summed E-state index contributed by atoms with van der Waals surface area (Å²) in [7, 11) is 0. The van der Waals surface area contributed by atoms with Crippen molar-refractivity contribution in [2.75, 3.05) is 18.1 Å². The number of carbonyl (C=O) groups is 2. The van der Waals surface area contributed by atoms with Gasteiger partial charge in [-0.1, -0.05) is 15.9 Å². The molecule has 2 rings (SSSR count). The quantitative estimate of drug-likeness (QED) is 0.883. The second-order valence-electron chi connectivity index (χ2n) is 4.78. The molecule has 1 N–H and O–H groups in total. The largest absolute Gasteiger partial charge is 0.478 e. The number of carbonyl (C=O) groups excluding carboxylic acids is 1. The number of hydrogen-bond donors (Lipinski definition) is 1. The van der Waals surface area contributed by atoms with Crippen molar-refractivity contribution in [2.45, 2.75) is 19.4 Å². The van der Waals surface area contributed by atoms with Crippen molar-refractivity contribution in [1.82, 2.24) is 4.90 Å². The molecule has 1 fully saturated rings. The van der Waals surface area contributed by atoms with Crippen molar-refractivity contribution in [3.8, 4) is 0 Å². The molecule has 1 aromatic rings. The van der Waals surface area contributed by atoms with E-state index in [2.05, 4.69) is 15.9 Å². The van der Waals surface area contributed by atoms with Gasteiger partial charge >= 0.3 is 5.97 Å². The van der Waals surface area contributed by atoms with Gasteiger partial charge in [0.25, 0.3) is 5.91 Å². The van der Waals surface area contributed by atoms with E-state index in [9.17, 15) is 9.59 Å². The van der Waals surface area contributed by atoms with E-state index in [0.29, 0.717) is 16.6 Å². The van der Waals surface area contributed by atoms with Gasteiger partial charge in [0, 0.05) is 28.4 Å². The van der Waals surface area contributed by atoms with Crippen LogP contribution in [0.4, 0.5) is 0 Å². The lowest BCUT2D eigenvalue weighted by Crippen LogP contribution is -2.39. The molecule has 0 spiro atoms. The third kappa shape index (κ3) is 3.55. The Bertz CT molecular complexity index is 535. The van der Waals surface area contributed by atoms with E-state index in [0.717, 1.165) is 17.9 Å². The monoisotopic (exact) mass is 357 g/mol. The van der Waals surface area contributed by atoms with E-state index in [1.54, 1.807) is 6.07 Å². The van der Waals surface area contributed by atoms with Crippen LogP contribution in [0, 0.1) is 0 Å². The highest BCUT2D eigenvalue weighted by atomic mass is 79.9. The third-order valence-corrected chi connectivity index (χ3v) is 4.79. The molecule has 4 nitrogen and oxygen atoms in total. The van der Waals surface area contributed by atoms with Gasteiger partial charge in [-0.2, -0.15) is 11.8 Å². The van der Waals surface area contributed by atoms with Crippen LogP contribution in [0.5, 0.6) is 0 Å². The van der Waals surface area contributed by atoms with Crippen LogP contribution in [0.1, 0.15) is 34.1 Å². The number of amides is 1. The summed E-state index contributed by atoms with van der Waals surface area (Å²) < 4.78 is 0.609. The van der Waals surface area contributed by atoms with E-state index >= 15 is 0 Å². The first-order chi connectivity index (χ1) is 9.49. The fourth-order valence-corrected chi connectivity index (χ4v) is 3.73. The Morgan fingerprint density at radius 1 is 1.30 bits per heavy atom. The smallest absolute Gasteiger partial charge is 0.335 e. The number of aromatic carboxylic acids is 1. The highest BCUT2D eigenvalue weighted by Crippen LogP contribution is 2.21. The predicted molar refractivity (Wildman–Crippen MR) is 83.5 cm³/mol. The zero-order valence-electron chi connectivity index (χ0n) is 11.1. The molecule has 1 amide bonds. The summed E-state index contributed by atoms with van der Waals surface area (Å²) in [6.07, 6.45) is 0.968. The molecule has 108 valence electrons. The summed E-state index contributed by atoms with van der Waals surface area (Å²) in [6.45, 7) is 2.75. The van der Waals surface area contributed by atoms with Crippen LogP contribution in [-0.2, 0) is 0 Å². The maximum Gasteiger partial charge on any atom is 0.335 e. The predicted octanol–water partition coefficient (Wildman–Crippen LogP) is 3.11. The number of hydrogen-bond acceptors (Lipinski definition) is 3. The molecule has 0 radical (unpaired) electrons. The molecule has 0 aromatic heterocycles. The average Bonchev–Trinajstić information content (AvgIpc) is 2.62. The van der Waals surface area contributed by atoms with Gasteiger partial charge in [-0.05, 0) is 37.3 Å². The maximum absolute atomic E-state index is 12.6. The molecule has 1 saturated heterocycles. The number of halogens is 1. The Morgan fingerprint density at radius 2 is 2.00 bits per heavy atom. The molecular formula is C14H16BrNO3S. The number of thioether (sulfide) groups is 1. The van der Waals surface area contributed by atoms with Crippen molar-refractivity contribution in [2.24, 2.45) is 0 Å². The topological polar surface area (TPSA) is 57.6 Å². The highest BCUT2D eigenvalue weighted by Gasteiger charge is 2.24. The SMILES string of the molecule is CC1CCSCCN1C(=O)c1cc(Br)cc(C(=O)O)c1. The summed E-state index contributed by atoms with van der Waals surface area (Å²) in [5.74, 6) is 0.864. The molecule has 1 aliphatic heterocycles. The Kier molecular flexibility index (Phi) is 5.10. The molecular weight excluding hydrogens is 342 g/mol. The van der Waals surface area contributed by atoms with Gasteiger partial charge in [0.1, 0.15) is 0 Å². The Morgan fingerprint density at radius 3 is 2.70 bits per heavy atom. The Balaban J connectivity index is 2.30. The first-order valence-corrected chi connectivity index (χ1v) is 8.36. The van der Waals surface area contributed by atoms with E-state index < -0.39 is 5.97 Å². The van der Waals surface area contributed by atoms with Crippen molar-refractivity contribution >= 4 is 39.6 Å². The van der Waals surface area contributed by atoms with Crippen LogP contribution in [0.15, 0.2) is 22.7 Å². The van der Waals surface area contributed by atoms with Crippen LogP contribution in [-0.4, -0.2) is 46.0 Å². The molecule has 0 bridgehead atoms. The minimum Gasteiger partial charge on any atom is -0.478 e. The second-order valence-corrected chi connectivity index (χ2v) is 6.92. The van der Waals surface area contributed by atoms with Gasteiger partial charge in [0.05, 0.1) is 5.56 Å². The first-order valence-electron chi connectivity index (χ1n) is 6.41. The molecule has 0 aliphatic carbocycles. The van der Waals surface area contributed by atoms with E-state index in [1.807, 2.05) is 23.6 Å². The average molecular weight is 358 g/mol. The molecule has 6 heteroatoms. The number of nitrogens with zero attached hydrogens (tertiary/aromatic N) is 1. The summed E-state index contributed by atoms with van der Waals surface area (Å²) in [6, 6.07) is 4.81. The lowest BCUT2D eigenvalue weighted by molar-refractivity contribution is 0.0697. The van der Waals surface area contributed by atoms with Crippen molar-refractivity contribution in [3.05, 3.63) is 33.8 Å². The lowest BCUT2D eigenvalue weighted by atomic mass is 10.1. The zero-order chi connectivity index (χ0) is 14.7. The van der Waals surface area contributed by atoms with Crippen LogP contribution in [0.25, 0.3) is 0 Å². The first kappa shape index (κ1) is 15.4. The van der Waals surface area contributed by atoms with E-state index in [1.165, 1.54) is 12.1 Å². The molecule has 1 atom stereocenters. The second kappa shape index (κ2) is 6.63. The Labute approximate surface area is 130 Å². The van der Waals surface area contributed by atoms with Gasteiger partial charge in [-0.15, -0.1) is 0 Å². The van der Waals surface area contributed by atoms with Crippen molar-refractivity contribution < 1.29 is 14.7 Å². The maximum atomic E-state index is 12.6. The minimum absolute atomic E-state index is 0.0937. The third-order valence-electron chi connectivity index (χ3n) is 3.34. The molecule has 0 saturated carbocycles. The Hall–Kier alpha value is -1.01. The number of carboxylic acids is 1. The van der Waals surface area contributed by atoms with Gasteiger partial charge in [-0.25, -0.2) is 4.79 Å². The molecule has 20 heavy (non-hydrogen) atoms. The molecule has 1 aromatic carbocycles. The van der Waals surface area contributed by atoms with Crippen molar-refractivity contribution in [3.63, 3.8) is 0 Å². The van der Waals surface area contributed by atoms with Crippen LogP contribution >= 0.6 is 27.7 Å². The number of carboxylic acid groups (broad SMARTS) is 1. The fourth-order valence-electron chi connectivity index (χ4n) is 2.20. The fraction of sp³-hybridized carbons (Fsp3) is 0.429. The number of benzene rings is 1. The van der Waals surface area contributed by atoms with Crippen LogP contribution in [0.2, 0.25) is 0 Å².